The van der Waals surface area contributed by atoms with E-state index in [1.165, 1.54) is 19.3 Å². The number of nitrogens with two attached hydrogens (primary N) is 1. The first-order valence-electron chi connectivity index (χ1n) is 6.49. The molecule has 2 heterocycles. The number of benzene rings is 1. The van der Waals surface area contributed by atoms with Gasteiger partial charge in [-0.1, -0.05) is 6.42 Å². The molecule has 1 aliphatic heterocycles. The van der Waals surface area contributed by atoms with Gasteiger partial charge < -0.3 is 11.2 Å². The maximum atomic E-state index is 5.98. The Morgan fingerprint density at radius 1 is 1.11 bits per heavy atom. The number of nitrogens with zero attached hydrogens (tertiary/aromatic N) is 2. The van der Waals surface area contributed by atoms with E-state index in [1.54, 1.807) is 0 Å². The Kier molecular flexibility index (Phi) is 3.02. The van der Waals surface area contributed by atoms with Crippen LogP contribution < -0.4 is 11.2 Å². The molecular weight excluding hydrogens is 224 g/mol. The highest BCUT2D eigenvalue weighted by Gasteiger charge is 2.12. The molecule has 1 aromatic heterocycles. The van der Waals surface area contributed by atoms with Crippen LogP contribution in [0.4, 0.5) is 11.4 Å². The third-order valence-electron chi connectivity index (χ3n) is 3.44. The molecule has 0 bridgehead atoms. The number of hydrogen-bond donors (Lipinski definition) is 2. The minimum absolute atomic E-state index is 0.780. The maximum Gasteiger partial charge on any atom is 0.0967 e. The van der Waals surface area contributed by atoms with Crippen molar-refractivity contribution in [2.75, 3.05) is 24.2 Å². The highest BCUT2D eigenvalue weighted by molar-refractivity contribution is 5.98. The Morgan fingerprint density at radius 2 is 1.94 bits per heavy atom. The zero-order chi connectivity index (χ0) is 12.4. The zero-order valence-corrected chi connectivity index (χ0v) is 10.4. The Morgan fingerprint density at radius 3 is 2.78 bits per heavy atom. The van der Waals surface area contributed by atoms with Crippen LogP contribution in [0.2, 0.25) is 0 Å². The molecule has 1 saturated heterocycles. The van der Waals surface area contributed by atoms with E-state index in [-0.39, 0.29) is 0 Å². The Labute approximate surface area is 107 Å². The number of pyridine rings is 1. The van der Waals surface area contributed by atoms with Gasteiger partial charge in [0.05, 0.1) is 11.2 Å². The van der Waals surface area contributed by atoms with E-state index < -0.39 is 0 Å². The van der Waals surface area contributed by atoms with Gasteiger partial charge in [-0.15, -0.1) is 0 Å². The number of hydrogen-bond acceptors (Lipinski definition) is 4. The zero-order valence-electron chi connectivity index (χ0n) is 10.4. The standard InChI is InChI=1S/C14H18N4/c15-12-6-7-13(14-11(12)5-4-8-16-14)17-18-9-2-1-3-10-18/h4-8,17H,1-3,9-10,15H2. The fourth-order valence-corrected chi connectivity index (χ4v) is 2.46. The Balaban J connectivity index is 1.94. The number of nitrogens with one attached hydrogen (secondary N) is 1. The van der Waals surface area contributed by atoms with Gasteiger partial charge in [0.2, 0.25) is 0 Å². The summed E-state index contributed by atoms with van der Waals surface area (Å²) in [7, 11) is 0. The van der Waals surface area contributed by atoms with Crippen molar-refractivity contribution < 1.29 is 0 Å². The van der Waals surface area contributed by atoms with Crippen molar-refractivity contribution in [1.29, 1.82) is 0 Å². The lowest BCUT2D eigenvalue weighted by atomic mass is 10.1. The van der Waals surface area contributed by atoms with Crippen LogP contribution in [0.15, 0.2) is 30.5 Å². The van der Waals surface area contributed by atoms with Crippen LogP contribution in [-0.2, 0) is 0 Å². The largest absolute Gasteiger partial charge is 0.398 e. The van der Waals surface area contributed by atoms with Crippen molar-refractivity contribution in [1.82, 2.24) is 9.99 Å². The van der Waals surface area contributed by atoms with E-state index in [0.717, 1.165) is 35.4 Å². The molecule has 0 amide bonds. The third kappa shape index (κ3) is 2.11. The summed E-state index contributed by atoms with van der Waals surface area (Å²) in [6.07, 6.45) is 5.66. The molecule has 3 rings (SSSR count). The second-order valence-electron chi connectivity index (χ2n) is 4.76. The maximum absolute atomic E-state index is 5.98. The van der Waals surface area contributed by atoms with Gasteiger partial charge in [-0.3, -0.25) is 4.98 Å². The van der Waals surface area contributed by atoms with E-state index in [4.69, 9.17) is 5.73 Å². The smallest absolute Gasteiger partial charge is 0.0967 e. The Hall–Kier alpha value is -1.81. The van der Waals surface area contributed by atoms with Gasteiger partial charge in [0.25, 0.3) is 0 Å². The third-order valence-corrected chi connectivity index (χ3v) is 3.44. The summed E-state index contributed by atoms with van der Waals surface area (Å²) in [5.74, 6) is 0. The summed E-state index contributed by atoms with van der Waals surface area (Å²) in [6, 6.07) is 7.89. The minimum Gasteiger partial charge on any atom is -0.398 e. The molecule has 18 heavy (non-hydrogen) atoms. The fraction of sp³-hybridized carbons (Fsp3) is 0.357. The number of rotatable bonds is 2. The predicted octanol–water partition coefficient (Wildman–Crippen LogP) is 2.63. The van der Waals surface area contributed by atoms with E-state index in [0.29, 0.717) is 0 Å². The van der Waals surface area contributed by atoms with E-state index >= 15 is 0 Å². The summed E-state index contributed by atoms with van der Waals surface area (Å²) in [5.41, 5.74) is 12.2. The SMILES string of the molecule is Nc1ccc(NN2CCCCC2)c2ncccc12. The normalized spacial score (nSPS) is 16.9. The molecule has 3 N–H and O–H groups in total. The molecule has 0 radical (unpaired) electrons. The fourth-order valence-electron chi connectivity index (χ4n) is 2.46. The molecular formula is C14H18N4. The van der Waals surface area contributed by atoms with Gasteiger partial charge in [-0.25, -0.2) is 5.01 Å². The van der Waals surface area contributed by atoms with E-state index in [9.17, 15) is 0 Å². The van der Waals surface area contributed by atoms with E-state index in [1.807, 2.05) is 30.5 Å². The van der Waals surface area contributed by atoms with Crippen molar-refractivity contribution in [2.45, 2.75) is 19.3 Å². The van der Waals surface area contributed by atoms with Gasteiger partial charge in [0.1, 0.15) is 0 Å². The molecule has 4 nitrogen and oxygen atoms in total. The molecule has 2 aromatic rings. The number of piperidine rings is 1. The number of aromatic nitrogens is 1. The summed E-state index contributed by atoms with van der Waals surface area (Å²) in [6.45, 7) is 2.19. The van der Waals surface area contributed by atoms with Crippen LogP contribution in [0, 0.1) is 0 Å². The number of fused-ring (bicyclic) bond motifs is 1. The highest BCUT2D eigenvalue weighted by Crippen LogP contribution is 2.27. The predicted molar refractivity (Wildman–Crippen MR) is 75.2 cm³/mol. The first kappa shape index (κ1) is 11.3. The average Bonchev–Trinajstić information content (AvgIpc) is 2.44. The second kappa shape index (κ2) is 4.82. The molecule has 0 atom stereocenters. The lowest BCUT2D eigenvalue weighted by Gasteiger charge is -2.28. The van der Waals surface area contributed by atoms with Crippen LogP contribution in [0.5, 0.6) is 0 Å². The topological polar surface area (TPSA) is 54.2 Å². The van der Waals surface area contributed by atoms with Crippen molar-refractivity contribution in [3.63, 3.8) is 0 Å². The van der Waals surface area contributed by atoms with Crippen LogP contribution >= 0.6 is 0 Å². The average molecular weight is 242 g/mol. The Bertz CT molecular complexity index is 546. The van der Waals surface area contributed by atoms with Gasteiger partial charge >= 0.3 is 0 Å². The van der Waals surface area contributed by atoms with Crippen LogP contribution in [-0.4, -0.2) is 23.1 Å². The van der Waals surface area contributed by atoms with Crippen molar-refractivity contribution >= 4 is 22.3 Å². The lowest BCUT2D eigenvalue weighted by molar-refractivity contribution is 0.273. The van der Waals surface area contributed by atoms with Crippen molar-refractivity contribution in [3.05, 3.63) is 30.5 Å². The lowest BCUT2D eigenvalue weighted by Crippen LogP contribution is -2.34. The molecule has 94 valence electrons. The summed E-state index contributed by atoms with van der Waals surface area (Å²) in [5, 5.41) is 3.28. The summed E-state index contributed by atoms with van der Waals surface area (Å²) in [4.78, 5) is 4.44. The van der Waals surface area contributed by atoms with Crippen LogP contribution in [0.25, 0.3) is 10.9 Å². The van der Waals surface area contributed by atoms with Crippen LogP contribution in [0.1, 0.15) is 19.3 Å². The van der Waals surface area contributed by atoms with Gasteiger partial charge in [0.15, 0.2) is 0 Å². The molecule has 1 aromatic carbocycles. The molecule has 0 saturated carbocycles. The van der Waals surface area contributed by atoms with Gasteiger partial charge in [0, 0.05) is 30.4 Å². The molecule has 0 aliphatic carbocycles. The number of hydrazine groups is 1. The molecule has 1 fully saturated rings. The van der Waals surface area contributed by atoms with Crippen molar-refractivity contribution in [3.8, 4) is 0 Å². The molecule has 0 spiro atoms. The minimum atomic E-state index is 0.780. The second-order valence-corrected chi connectivity index (χ2v) is 4.76. The first-order valence-corrected chi connectivity index (χ1v) is 6.49. The van der Waals surface area contributed by atoms with Gasteiger partial charge in [-0.05, 0) is 37.1 Å². The van der Waals surface area contributed by atoms with Crippen molar-refractivity contribution in [2.24, 2.45) is 0 Å². The molecule has 0 unspecified atom stereocenters. The first-order chi connectivity index (χ1) is 8.84. The molecule has 4 heteroatoms. The number of nitrogen functional groups attached to an aromatic ring is 1. The van der Waals surface area contributed by atoms with E-state index in [2.05, 4.69) is 15.4 Å². The summed E-state index contributed by atoms with van der Waals surface area (Å²) >= 11 is 0. The molecule has 1 aliphatic rings. The quantitative estimate of drug-likeness (QED) is 0.795. The highest BCUT2D eigenvalue weighted by atomic mass is 15.5. The number of anilines is 2. The van der Waals surface area contributed by atoms with Crippen LogP contribution in [0.3, 0.4) is 0 Å². The summed E-state index contributed by atoms with van der Waals surface area (Å²) < 4.78 is 0. The van der Waals surface area contributed by atoms with Gasteiger partial charge in [-0.2, -0.15) is 0 Å². The monoisotopic (exact) mass is 242 g/mol.